The van der Waals surface area contributed by atoms with Crippen LogP contribution in [0.5, 0.6) is 0 Å². The molecule has 1 saturated heterocycles. The van der Waals surface area contributed by atoms with E-state index < -0.39 is 6.04 Å². The molecular formula is C20H31N3O2. The lowest BCUT2D eigenvalue weighted by Gasteiger charge is -2.28. The number of hydrogen-bond donors (Lipinski definition) is 2. The lowest BCUT2D eigenvalue weighted by atomic mass is 9.93. The summed E-state index contributed by atoms with van der Waals surface area (Å²) >= 11 is 0. The van der Waals surface area contributed by atoms with E-state index in [0.717, 1.165) is 6.42 Å². The molecule has 0 bridgehead atoms. The molecular weight excluding hydrogens is 314 g/mol. The van der Waals surface area contributed by atoms with Crippen molar-refractivity contribution in [3.05, 3.63) is 35.4 Å². The second-order valence-corrected chi connectivity index (χ2v) is 7.67. The topological polar surface area (TPSA) is 61.4 Å². The van der Waals surface area contributed by atoms with E-state index in [0.29, 0.717) is 24.9 Å². The molecule has 25 heavy (non-hydrogen) atoms. The van der Waals surface area contributed by atoms with Crippen LogP contribution in [0.25, 0.3) is 0 Å². The van der Waals surface area contributed by atoms with Gasteiger partial charge in [-0.3, -0.25) is 15.0 Å². The molecule has 2 rings (SSSR count). The Morgan fingerprint density at radius 3 is 2.28 bits per heavy atom. The van der Waals surface area contributed by atoms with Crippen LogP contribution in [-0.2, 0) is 11.2 Å². The molecule has 0 radical (unpaired) electrons. The Kier molecular flexibility index (Phi) is 6.59. The summed E-state index contributed by atoms with van der Waals surface area (Å²) in [5.74, 6) is 0.796. The van der Waals surface area contributed by atoms with Crippen LogP contribution in [0.15, 0.2) is 24.3 Å². The van der Waals surface area contributed by atoms with Crippen molar-refractivity contribution in [2.24, 2.45) is 11.8 Å². The highest BCUT2D eigenvalue weighted by atomic mass is 16.2. The zero-order chi connectivity index (χ0) is 18.6. The van der Waals surface area contributed by atoms with E-state index in [4.69, 9.17) is 0 Å². The number of rotatable bonds is 7. The standard InChI is InChI=1S/C20H31N3O2/c1-13(2)12-16-6-8-17(9-7-16)18(14(3)4)22-15(5)19(24)23-11-10-21-20(23)25/h6-9,13-15,18,22H,10-12H2,1-5H3,(H,21,25)/t15-,18+/m1/s1. The summed E-state index contributed by atoms with van der Waals surface area (Å²) < 4.78 is 0. The summed E-state index contributed by atoms with van der Waals surface area (Å²) in [4.78, 5) is 25.5. The molecule has 2 atom stereocenters. The van der Waals surface area contributed by atoms with Gasteiger partial charge >= 0.3 is 6.03 Å². The van der Waals surface area contributed by atoms with Crippen molar-refractivity contribution in [3.8, 4) is 0 Å². The van der Waals surface area contributed by atoms with Crippen molar-refractivity contribution in [2.75, 3.05) is 13.1 Å². The summed E-state index contributed by atoms with van der Waals surface area (Å²) in [6.45, 7) is 11.5. The number of carbonyl (C=O) groups is 2. The van der Waals surface area contributed by atoms with Crippen molar-refractivity contribution in [1.29, 1.82) is 0 Å². The maximum Gasteiger partial charge on any atom is 0.324 e. The van der Waals surface area contributed by atoms with E-state index in [9.17, 15) is 9.59 Å². The smallest absolute Gasteiger partial charge is 0.324 e. The van der Waals surface area contributed by atoms with Crippen molar-refractivity contribution in [1.82, 2.24) is 15.5 Å². The summed E-state index contributed by atoms with van der Waals surface area (Å²) in [7, 11) is 0. The van der Waals surface area contributed by atoms with Crippen LogP contribution in [0, 0.1) is 11.8 Å². The SMILES string of the molecule is CC(C)Cc1ccc([C@@H](N[C@H](C)C(=O)N2CCNC2=O)C(C)C)cc1. The molecule has 2 N–H and O–H groups in total. The zero-order valence-corrected chi connectivity index (χ0v) is 16.0. The van der Waals surface area contributed by atoms with Crippen LogP contribution in [-0.4, -0.2) is 36.0 Å². The van der Waals surface area contributed by atoms with E-state index in [2.05, 4.69) is 62.6 Å². The van der Waals surface area contributed by atoms with Crippen molar-refractivity contribution in [2.45, 2.75) is 53.1 Å². The van der Waals surface area contributed by atoms with Gasteiger partial charge in [0.15, 0.2) is 0 Å². The lowest BCUT2D eigenvalue weighted by Crippen LogP contribution is -2.47. The van der Waals surface area contributed by atoms with Gasteiger partial charge in [0.05, 0.1) is 6.04 Å². The maximum atomic E-state index is 12.5. The Labute approximate surface area is 151 Å². The Morgan fingerprint density at radius 2 is 1.80 bits per heavy atom. The fraction of sp³-hybridized carbons (Fsp3) is 0.600. The fourth-order valence-electron chi connectivity index (χ4n) is 3.26. The molecule has 1 fully saturated rings. The van der Waals surface area contributed by atoms with Gasteiger partial charge < -0.3 is 5.32 Å². The number of amides is 3. The quantitative estimate of drug-likeness (QED) is 0.798. The molecule has 0 aliphatic carbocycles. The van der Waals surface area contributed by atoms with Gasteiger partial charge in [0.25, 0.3) is 0 Å². The summed E-state index contributed by atoms with van der Waals surface area (Å²) in [5.41, 5.74) is 2.51. The molecule has 1 heterocycles. The van der Waals surface area contributed by atoms with Gasteiger partial charge in [-0.15, -0.1) is 0 Å². The Hall–Kier alpha value is -1.88. The van der Waals surface area contributed by atoms with Gasteiger partial charge in [-0.1, -0.05) is 52.0 Å². The number of imide groups is 1. The highest BCUT2D eigenvalue weighted by molar-refractivity contribution is 5.98. The zero-order valence-electron chi connectivity index (χ0n) is 16.0. The first-order chi connectivity index (χ1) is 11.8. The fourth-order valence-corrected chi connectivity index (χ4v) is 3.26. The molecule has 0 saturated carbocycles. The first kappa shape index (κ1) is 19.4. The minimum absolute atomic E-state index is 0.0673. The van der Waals surface area contributed by atoms with Gasteiger partial charge in [-0.2, -0.15) is 0 Å². The van der Waals surface area contributed by atoms with Crippen LogP contribution in [0.1, 0.15) is 51.8 Å². The number of benzene rings is 1. The average Bonchev–Trinajstić information content (AvgIpc) is 2.97. The van der Waals surface area contributed by atoms with Crippen LogP contribution >= 0.6 is 0 Å². The lowest BCUT2D eigenvalue weighted by molar-refractivity contribution is -0.129. The molecule has 5 nitrogen and oxygen atoms in total. The van der Waals surface area contributed by atoms with E-state index in [-0.39, 0.29) is 18.0 Å². The minimum atomic E-state index is -0.411. The highest BCUT2D eigenvalue weighted by Crippen LogP contribution is 2.23. The van der Waals surface area contributed by atoms with Crippen LogP contribution < -0.4 is 10.6 Å². The number of nitrogens with one attached hydrogen (secondary N) is 2. The number of urea groups is 1. The molecule has 1 aliphatic rings. The van der Waals surface area contributed by atoms with Crippen LogP contribution in [0.2, 0.25) is 0 Å². The van der Waals surface area contributed by atoms with Gasteiger partial charge in [0.1, 0.15) is 0 Å². The predicted octanol–water partition coefficient (Wildman–Crippen LogP) is 3.11. The van der Waals surface area contributed by atoms with Crippen molar-refractivity contribution >= 4 is 11.9 Å². The van der Waals surface area contributed by atoms with Crippen molar-refractivity contribution < 1.29 is 9.59 Å². The first-order valence-electron chi connectivity index (χ1n) is 9.23. The summed E-state index contributed by atoms with van der Waals surface area (Å²) in [6.07, 6.45) is 1.07. The molecule has 1 aromatic rings. The maximum absolute atomic E-state index is 12.5. The molecule has 1 aromatic carbocycles. The monoisotopic (exact) mass is 345 g/mol. The summed E-state index contributed by atoms with van der Waals surface area (Å²) in [6, 6.07) is 8.01. The molecule has 1 aliphatic heterocycles. The van der Waals surface area contributed by atoms with E-state index in [1.165, 1.54) is 16.0 Å². The second-order valence-electron chi connectivity index (χ2n) is 7.67. The van der Waals surface area contributed by atoms with Gasteiger partial charge in [-0.25, -0.2) is 4.79 Å². The Bertz CT molecular complexity index is 595. The van der Waals surface area contributed by atoms with Crippen LogP contribution in [0.4, 0.5) is 4.79 Å². The van der Waals surface area contributed by atoms with E-state index in [1.807, 2.05) is 6.92 Å². The molecule has 3 amide bonds. The number of nitrogens with zero attached hydrogens (tertiary/aromatic N) is 1. The molecule has 0 spiro atoms. The van der Waals surface area contributed by atoms with Crippen LogP contribution in [0.3, 0.4) is 0 Å². The van der Waals surface area contributed by atoms with Gasteiger partial charge in [0.2, 0.25) is 5.91 Å². The number of carbonyl (C=O) groups excluding carboxylic acids is 2. The minimum Gasteiger partial charge on any atom is -0.336 e. The molecule has 0 unspecified atom stereocenters. The Balaban J connectivity index is 2.07. The molecule has 138 valence electrons. The second kappa shape index (κ2) is 8.48. The van der Waals surface area contributed by atoms with E-state index in [1.54, 1.807) is 0 Å². The third kappa shape index (κ3) is 5.05. The third-order valence-corrected chi connectivity index (χ3v) is 4.57. The third-order valence-electron chi connectivity index (χ3n) is 4.57. The number of hydrogen-bond acceptors (Lipinski definition) is 3. The largest absolute Gasteiger partial charge is 0.336 e. The van der Waals surface area contributed by atoms with Crippen molar-refractivity contribution in [3.63, 3.8) is 0 Å². The first-order valence-corrected chi connectivity index (χ1v) is 9.23. The highest BCUT2D eigenvalue weighted by Gasteiger charge is 2.31. The summed E-state index contributed by atoms with van der Waals surface area (Å²) in [5, 5.41) is 6.09. The average molecular weight is 345 g/mol. The predicted molar refractivity (Wildman–Crippen MR) is 100 cm³/mol. The molecule has 0 aromatic heterocycles. The normalized spacial score (nSPS) is 17.1. The Morgan fingerprint density at radius 1 is 1.16 bits per heavy atom. The molecule has 5 heteroatoms. The van der Waals surface area contributed by atoms with Gasteiger partial charge in [-0.05, 0) is 36.3 Å². The van der Waals surface area contributed by atoms with E-state index >= 15 is 0 Å². The van der Waals surface area contributed by atoms with Gasteiger partial charge in [0, 0.05) is 19.1 Å².